The van der Waals surface area contributed by atoms with Crippen LogP contribution in [0.25, 0.3) is 0 Å². The highest BCUT2D eigenvalue weighted by molar-refractivity contribution is 5.79. The fourth-order valence-electron chi connectivity index (χ4n) is 2.87. The van der Waals surface area contributed by atoms with Crippen LogP contribution in [-0.2, 0) is 17.7 Å². The molecule has 0 fully saturated rings. The van der Waals surface area contributed by atoms with Crippen molar-refractivity contribution in [2.75, 3.05) is 33.9 Å². The number of rotatable bonds is 11. The summed E-state index contributed by atoms with van der Waals surface area (Å²) in [7, 11) is 3.49. The molecule has 28 heavy (non-hydrogen) atoms. The molecule has 5 nitrogen and oxygen atoms in total. The lowest BCUT2D eigenvalue weighted by Gasteiger charge is -2.14. The Balaban J connectivity index is 1.56. The van der Waals surface area contributed by atoms with Crippen molar-refractivity contribution in [1.82, 2.24) is 10.6 Å². The highest BCUT2D eigenvalue weighted by atomic mass is 16.5. The standard InChI is InChI=1S/C23H33N3O2/c1-19-11-12-21(22(17-19)27-3)18-26-23(24-2)25-14-7-8-15-28-16-13-20-9-5-4-6-10-20/h4-6,9-12,17H,7-8,13-16,18H2,1-3H3,(H2,24,25,26). The maximum atomic E-state index is 5.72. The molecule has 0 heterocycles. The van der Waals surface area contributed by atoms with E-state index in [-0.39, 0.29) is 0 Å². The summed E-state index contributed by atoms with van der Waals surface area (Å²) in [6.07, 6.45) is 3.04. The minimum atomic E-state index is 0.672. The van der Waals surface area contributed by atoms with E-state index in [1.165, 1.54) is 11.1 Å². The summed E-state index contributed by atoms with van der Waals surface area (Å²) in [5, 5.41) is 6.68. The number of aliphatic imine (C=N–C) groups is 1. The normalized spacial score (nSPS) is 11.3. The lowest BCUT2D eigenvalue weighted by molar-refractivity contribution is 0.133. The molecule has 2 aromatic rings. The summed E-state index contributed by atoms with van der Waals surface area (Å²) in [5.74, 6) is 1.70. The third-order valence-corrected chi connectivity index (χ3v) is 4.50. The number of aryl methyl sites for hydroxylation is 1. The van der Waals surface area contributed by atoms with Gasteiger partial charge in [-0.05, 0) is 43.4 Å². The third kappa shape index (κ3) is 8.01. The number of ether oxygens (including phenoxy) is 2. The first kappa shape index (κ1) is 21.8. The Morgan fingerprint density at radius 2 is 1.82 bits per heavy atom. The number of unbranched alkanes of at least 4 members (excludes halogenated alkanes) is 1. The van der Waals surface area contributed by atoms with Crippen molar-refractivity contribution in [2.45, 2.75) is 32.7 Å². The number of hydrogen-bond donors (Lipinski definition) is 2. The number of guanidine groups is 1. The van der Waals surface area contributed by atoms with Crippen molar-refractivity contribution < 1.29 is 9.47 Å². The minimum Gasteiger partial charge on any atom is -0.496 e. The highest BCUT2D eigenvalue weighted by Gasteiger charge is 2.04. The predicted octanol–water partition coefficient (Wildman–Crippen LogP) is 3.71. The first-order valence-corrected chi connectivity index (χ1v) is 9.92. The Morgan fingerprint density at radius 1 is 1.00 bits per heavy atom. The van der Waals surface area contributed by atoms with Gasteiger partial charge in [-0.15, -0.1) is 0 Å². The molecule has 152 valence electrons. The molecule has 0 unspecified atom stereocenters. The van der Waals surface area contributed by atoms with E-state index < -0.39 is 0 Å². The van der Waals surface area contributed by atoms with E-state index in [9.17, 15) is 0 Å². The number of nitrogens with one attached hydrogen (secondary N) is 2. The molecule has 0 saturated carbocycles. The first-order chi connectivity index (χ1) is 13.7. The molecular weight excluding hydrogens is 350 g/mol. The highest BCUT2D eigenvalue weighted by Crippen LogP contribution is 2.19. The van der Waals surface area contributed by atoms with Crippen LogP contribution in [0.3, 0.4) is 0 Å². The second-order valence-electron chi connectivity index (χ2n) is 6.72. The molecular formula is C23H33N3O2. The van der Waals surface area contributed by atoms with Crippen molar-refractivity contribution in [3.05, 3.63) is 65.2 Å². The van der Waals surface area contributed by atoms with Crippen LogP contribution in [0.15, 0.2) is 53.5 Å². The second kappa shape index (κ2) is 12.8. The van der Waals surface area contributed by atoms with Crippen LogP contribution in [0.2, 0.25) is 0 Å². The first-order valence-electron chi connectivity index (χ1n) is 9.92. The van der Waals surface area contributed by atoms with Crippen LogP contribution in [0.5, 0.6) is 5.75 Å². The van der Waals surface area contributed by atoms with Crippen LogP contribution in [-0.4, -0.2) is 39.9 Å². The SMILES string of the molecule is CN=C(NCCCCOCCc1ccccc1)NCc1ccc(C)cc1OC. The average molecular weight is 384 g/mol. The van der Waals surface area contributed by atoms with Crippen LogP contribution >= 0.6 is 0 Å². The van der Waals surface area contributed by atoms with Crippen molar-refractivity contribution in [2.24, 2.45) is 4.99 Å². The molecule has 0 bridgehead atoms. The average Bonchev–Trinajstić information content (AvgIpc) is 2.73. The number of hydrogen-bond acceptors (Lipinski definition) is 3. The lowest BCUT2D eigenvalue weighted by atomic mass is 10.1. The summed E-state index contributed by atoms with van der Waals surface area (Å²) in [4.78, 5) is 4.28. The molecule has 2 rings (SSSR count). The van der Waals surface area contributed by atoms with E-state index >= 15 is 0 Å². The van der Waals surface area contributed by atoms with Crippen LogP contribution in [0.4, 0.5) is 0 Å². The molecule has 0 aliphatic rings. The van der Waals surface area contributed by atoms with Crippen molar-refractivity contribution in [3.8, 4) is 5.75 Å². The number of benzene rings is 2. The van der Waals surface area contributed by atoms with Gasteiger partial charge >= 0.3 is 0 Å². The quantitative estimate of drug-likeness (QED) is 0.353. The molecule has 0 amide bonds. The van der Waals surface area contributed by atoms with Crippen LogP contribution in [0, 0.1) is 6.92 Å². The van der Waals surface area contributed by atoms with Gasteiger partial charge in [0.15, 0.2) is 5.96 Å². The third-order valence-electron chi connectivity index (χ3n) is 4.50. The molecule has 2 N–H and O–H groups in total. The summed E-state index contributed by atoms with van der Waals surface area (Å²) < 4.78 is 11.2. The van der Waals surface area contributed by atoms with Crippen molar-refractivity contribution in [1.29, 1.82) is 0 Å². The van der Waals surface area contributed by atoms with E-state index in [2.05, 4.69) is 58.9 Å². The Bertz CT molecular complexity index is 717. The van der Waals surface area contributed by atoms with Gasteiger partial charge in [0.05, 0.1) is 13.7 Å². The zero-order valence-corrected chi connectivity index (χ0v) is 17.3. The maximum absolute atomic E-state index is 5.72. The maximum Gasteiger partial charge on any atom is 0.191 e. The fraction of sp³-hybridized carbons (Fsp3) is 0.435. The fourth-order valence-corrected chi connectivity index (χ4v) is 2.87. The number of methoxy groups -OCH3 is 1. The smallest absolute Gasteiger partial charge is 0.191 e. The molecule has 0 aromatic heterocycles. The predicted molar refractivity (Wildman–Crippen MR) is 116 cm³/mol. The van der Waals surface area contributed by atoms with Crippen LogP contribution < -0.4 is 15.4 Å². The Labute approximate surface area is 169 Å². The molecule has 0 aliphatic heterocycles. The van der Waals surface area contributed by atoms with E-state index in [1.54, 1.807) is 14.2 Å². The Hall–Kier alpha value is -2.53. The van der Waals surface area contributed by atoms with Crippen molar-refractivity contribution >= 4 is 5.96 Å². The zero-order valence-electron chi connectivity index (χ0n) is 17.3. The van der Waals surface area contributed by atoms with Gasteiger partial charge in [-0.3, -0.25) is 4.99 Å². The van der Waals surface area contributed by atoms with E-state index in [0.29, 0.717) is 6.54 Å². The summed E-state index contributed by atoms with van der Waals surface area (Å²) in [6.45, 7) is 5.17. The van der Waals surface area contributed by atoms with Gasteiger partial charge in [0.25, 0.3) is 0 Å². The summed E-state index contributed by atoms with van der Waals surface area (Å²) >= 11 is 0. The second-order valence-corrected chi connectivity index (χ2v) is 6.72. The molecule has 0 spiro atoms. The van der Waals surface area contributed by atoms with Gasteiger partial charge in [-0.2, -0.15) is 0 Å². The van der Waals surface area contributed by atoms with Gasteiger partial charge in [-0.1, -0.05) is 42.5 Å². The molecule has 2 aromatic carbocycles. The molecule has 0 saturated heterocycles. The lowest BCUT2D eigenvalue weighted by Crippen LogP contribution is -2.37. The Kier molecular flexibility index (Phi) is 9.94. The van der Waals surface area contributed by atoms with Gasteiger partial charge in [0, 0.05) is 32.3 Å². The Morgan fingerprint density at radius 3 is 2.57 bits per heavy atom. The number of nitrogens with zero attached hydrogens (tertiary/aromatic N) is 1. The molecule has 0 radical (unpaired) electrons. The zero-order chi connectivity index (χ0) is 20.0. The van der Waals surface area contributed by atoms with Gasteiger partial charge < -0.3 is 20.1 Å². The summed E-state index contributed by atoms with van der Waals surface area (Å²) in [6, 6.07) is 16.7. The van der Waals surface area contributed by atoms with Gasteiger partial charge in [0.2, 0.25) is 0 Å². The van der Waals surface area contributed by atoms with Gasteiger partial charge in [-0.25, -0.2) is 0 Å². The largest absolute Gasteiger partial charge is 0.496 e. The summed E-state index contributed by atoms with van der Waals surface area (Å²) in [5.41, 5.74) is 3.63. The topological polar surface area (TPSA) is 54.9 Å². The van der Waals surface area contributed by atoms with E-state index in [4.69, 9.17) is 9.47 Å². The molecule has 0 aliphatic carbocycles. The van der Waals surface area contributed by atoms with Crippen molar-refractivity contribution in [3.63, 3.8) is 0 Å². The van der Waals surface area contributed by atoms with Crippen LogP contribution in [0.1, 0.15) is 29.5 Å². The monoisotopic (exact) mass is 383 g/mol. The van der Waals surface area contributed by atoms with E-state index in [0.717, 1.165) is 56.3 Å². The molecule has 5 heteroatoms. The minimum absolute atomic E-state index is 0.672. The molecule has 0 atom stereocenters. The van der Waals surface area contributed by atoms with E-state index in [1.807, 2.05) is 12.1 Å². The van der Waals surface area contributed by atoms with Gasteiger partial charge in [0.1, 0.15) is 5.75 Å².